The van der Waals surface area contributed by atoms with Crippen LogP contribution in [0.4, 0.5) is 17.6 Å². The van der Waals surface area contributed by atoms with Crippen LogP contribution in [0, 0.1) is 11.2 Å². The number of nitrogens with one attached hydrogen (secondary N) is 2. The summed E-state index contributed by atoms with van der Waals surface area (Å²) in [6.07, 6.45) is -5.15. The summed E-state index contributed by atoms with van der Waals surface area (Å²) in [5.74, 6) is -4.20. The van der Waals surface area contributed by atoms with Gasteiger partial charge in [-0.3, -0.25) is 10.2 Å². The average Bonchev–Trinajstić information content (AvgIpc) is 2.52. The van der Waals surface area contributed by atoms with Gasteiger partial charge in [0.15, 0.2) is 12.3 Å². The Labute approximate surface area is 133 Å². The van der Waals surface area contributed by atoms with E-state index in [2.05, 4.69) is 10.1 Å². The number of ether oxygens (including phenoxy) is 1. The summed E-state index contributed by atoms with van der Waals surface area (Å²) in [6.45, 7) is -1.01. The maximum absolute atomic E-state index is 13.4. The minimum absolute atomic E-state index is 0.386. The molecule has 0 atom stereocenters. The fourth-order valence-corrected chi connectivity index (χ4v) is 1.58. The highest BCUT2D eigenvalue weighted by Gasteiger charge is 2.41. The zero-order valence-corrected chi connectivity index (χ0v) is 12.3. The van der Waals surface area contributed by atoms with Crippen LogP contribution in [0.15, 0.2) is 35.7 Å². The quantitative estimate of drug-likeness (QED) is 0.238. The molecule has 0 bridgehead atoms. The third kappa shape index (κ3) is 4.54. The van der Waals surface area contributed by atoms with Gasteiger partial charge in [-0.1, -0.05) is 12.1 Å². The van der Waals surface area contributed by atoms with E-state index in [9.17, 15) is 27.2 Å². The van der Waals surface area contributed by atoms with Gasteiger partial charge in [-0.25, -0.2) is 9.18 Å². The number of ketones is 1. The molecule has 0 aliphatic carbocycles. The molecule has 10 heteroatoms. The van der Waals surface area contributed by atoms with Crippen molar-refractivity contribution in [1.29, 1.82) is 5.41 Å². The minimum Gasteiger partial charge on any atom is -0.454 e. The Kier molecular flexibility index (Phi) is 6.04. The van der Waals surface area contributed by atoms with Crippen molar-refractivity contribution in [1.82, 2.24) is 5.32 Å². The maximum Gasteiger partial charge on any atom is 0.433 e. The standard InChI is InChI=1S/C14H13F4N3O3/c1-21-12(20)10(11(19)14(16,17)18)13(23)24-6-9(22)7-4-2-3-5-8(7)15/h2-5,19,21H,6,20H2,1H3/b12-10+,19-11?. The lowest BCUT2D eigenvalue weighted by Gasteiger charge is -2.14. The van der Waals surface area contributed by atoms with Crippen LogP contribution in [0.2, 0.25) is 0 Å². The molecule has 0 saturated carbocycles. The molecule has 24 heavy (non-hydrogen) atoms. The van der Waals surface area contributed by atoms with Crippen LogP contribution in [-0.4, -0.2) is 37.3 Å². The largest absolute Gasteiger partial charge is 0.454 e. The molecule has 0 amide bonds. The number of carbonyl (C=O) groups is 2. The zero-order chi connectivity index (χ0) is 18.5. The Morgan fingerprint density at radius 2 is 1.88 bits per heavy atom. The molecule has 0 aliphatic rings. The van der Waals surface area contributed by atoms with E-state index in [1.54, 1.807) is 0 Å². The summed E-state index contributed by atoms with van der Waals surface area (Å²) >= 11 is 0. The third-order valence-corrected chi connectivity index (χ3v) is 2.78. The van der Waals surface area contributed by atoms with Gasteiger partial charge in [0.2, 0.25) is 5.78 Å². The van der Waals surface area contributed by atoms with Crippen LogP contribution in [0.3, 0.4) is 0 Å². The molecule has 0 saturated heterocycles. The smallest absolute Gasteiger partial charge is 0.433 e. The van der Waals surface area contributed by atoms with Crippen LogP contribution in [0.25, 0.3) is 0 Å². The summed E-state index contributed by atoms with van der Waals surface area (Å²) in [6, 6.07) is 4.82. The van der Waals surface area contributed by atoms with Crippen molar-refractivity contribution < 1.29 is 31.9 Å². The Morgan fingerprint density at radius 1 is 1.29 bits per heavy atom. The van der Waals surface area contributed by atoms with Crippen LogP contribution < -0.4 is 11.1 Å². The molecule has 0 unspecified atom stereocenters. The number of benzene rings is 1. The Morgan fingerprint density at radius 3 is 2.38 bits per heavy atom. The van der Waals surface area contributed by atoms with Crippen LogP contribution in [0.5, 0.6) is 0 Å². The second-order valence-corrected chi connectivity index (χ2v) is 4.39. The average molecular weight is 347 g/mol. The molecule has 130 valence electrons. The normalized spacial score (nSPS) is 12.2. The number of rotatable bonds is 6. The fraction of sp³-hybridized carbons (Fsp3) is 0.214. The zero-order valence-electron chi connectivity index (χ0n) is 12.3. The van der Waals surface area contributed by atoms with Crippen LogP contribution in [0.1, 0.15) is 10.4 Å². The highest BCUT2D eigenvalue weighted by atomic mass is 19.4. The van der Waals surface area contributed by atoms with Crippen molar-refractivity contribution in [2.75, 3.05) is 13.7 Å². The van der Waals surface area contributed by atoms with Gasteiger partial charge in [0.25, 0.3) is 0 Å². The van der Waals surface area contributed by atoms with Crippen molar-refractivity contribution in [3.8, 4) is 0 Å². The van der Waals surface area contributed by atoms with Gasteiger partial charge in [0.1, 0.15) is 17.2 Å². The van der Waals surface area contributed by atoms with Crippen LogP contribution in [-0.2, 0) is 9.53 Å². The lowest BCUT2D eigenvalue weighted by molar-refractivity contribution is -0.138. The Balaban J connectivity index is 2.93. The molecular weight excluding hydrogens is 334 g/mol. The van der Waals surface area contributed by atoms with E-state index < -0.39 is 47.5 Å². The molecule has 1 aromatic rings. The summed E-state index contributed by atoms with van der Waals surface area (Å²) in [4.78, 5) is 23.5. The second kappa shape index (κ2) is 7.57. The number of esters is 1. The first kappa shape index (κ1) is 19.1. The molecular formula is C14H13F4N3O3. The van der Waals surface area contributed by atoms with E-state index in [-0.39, 0.29) is 5.56 Å². The van der Waals surface area contributed by atoms with E-state index in [0.29, 0.717) is 0 Å². The van der Waals surface area contributed by atoms with E-state index in [4.69, 9.17) is 11.1 Å². The SMILES string of the molecule is CN/C(N)=C(\C(=N)C(F)(F)F)C(=O)OCC(=O)c1ccccc1F. The van der Waals surface area contributed by atoms with Gasteiger partial charge < -0.3 is 15.8 Å². The number of hydrogen-bond donors (Lipinski definition) is 3. The Hall–Kier alpha value is -2.91. The lowest BCUT2D eigenvalue weighted by atomic mass is 10.1. The number of alkyl halides is 3. The molecule has 1 rings (SSSR count). The predicted molar refractivity (Wildman–Crippen MR) is 75.7 cm³/mol. The van der Waals surface area contributed by atoms with Gasteiger partial charge >= 0.3 is 12.1 Å². The minimum atomic E-state index is -5.15. The first-order chi connectivity index (χ1) is 11.1. The highest BCUT2D eigenvalue weighted by Crippen LogP contribution is 2.22. The van der Waals surface area contributed by atoms with Gasteiger partial charge in [0.05, 0.1) is 5.56 Å². The second-order valence-electron chi connectivity index (χ2n) is 4.39. The van der Waals surface area contributed by atoms with Crippen molar-refractivity contribution in [3.63, 3.8) is 0 Å². The lowest BCUT2D eigenvalue weighted by Crippen LogP contribution is -2.34. The van der Waals surface area contributed by atoms with Gasteiger partial charge in [-0.05, 0) is 12.1 Å². The summed E-state index contributed by atoms with van der Waals surface area (Å²) in [7, 11) is 1.14. The predicted octanol–water partition coefficient (Wildman–Crippen LogP) is 1.52. The molecule has 6 nitrogen and oxygen atoms in total. The van der Waals surface area contributed by atoms with E-state index in [1.807, 2.05) is 0 Å². The van der Waals surface area contributed by atoms with Crippen molar-refractivity contribution in [2.24, 2.45) is 5.73 Å². The monoisotopic (exact) mass is 347 g/mol. The Bertz CT molecular complexity index is 699. The molecule has 4 N–H and O–H groups in total. The molecule has 0 fully saturated rings. The number of Topliss-reactive ketones (excluding diaryl/α,β-unsaturated/α-hetero) is 1. The van der Waals surface area contributed by atoms with Gasteiger partial charge in [-0.2, -0.15) is 13.2 Å². The molecule has 0 aromatic heterocycles. The van der Waals surface area contributed by atoms with Gasteiger partial charge in [-0.15, -0.1) is 0 Å². The molecule has 1 aromatic carbocycles. The molecule has 0 spiro atoms. The maximum atomic E-state index is 13.4. The summed E-state index contributed by atoms with van der Waals surface area (Å²) in [5, 5.41) is 9.10. The van der Waals surface area contributed by atoms with E-state index in [0.717, 1.165) is 19.2 Å². The topological polar surface area (TPSA) is 105 Å². The molecule has 0 heterocycles. The van der Waals surface area contributed by atoms with Crippen LogP contribution >= 0.6 is 0 Å². The number of halogens is 4. The van der Waals surface area contributed by atoms with Crippen molar-refractivity contribution >= 4 is 17.5 Å². The first-order valence-corrected chi connectivity index (χ1v) is 6.38. The van der Waals surface area contributed by atoms with Crippen molar-refractivity contribution in [2.45, 2.75) is 6.18 Å². The third-order valence-electron chi connectivity index (χ3n) is 2.78. The summed E-state index contributed by atoms with van der Waals surface area (Å²) in [5.41, 5.74) is 1.55. The summed E-state index contributed by atoms with van der Waals surface area (Å²) < 4.78 is 55.7. The van der Waals surface area contributed by atoms with E-state index >= 15 is 0 Å². The highest BCUT2D eigenvalue weighted by molar-refractivity contribution is 6.21. The number of nitrogens with two attached hydrogens (primary N) is 1. The van der Waals surface area contributed by atoms with E-state index in [1.165, 1.54) is 12.1 Å². The molecule has 0 aliphatic heterocycles. The number of hydrogen-bond acceptors (Lipinski definition) is 6. The van der Waals surface area contributed by atoms with Gasteiger partial charge in [0, 0.05) is 7.05 Å². The first-order valence-electron chi connectivity index (χ1n) is 6.38. The fourth-order valence-electron chi connectivity index (χ4n) is 1.58. The van der Waals surface area contributed by atoms with Crippen molar-refractivity contribution in [3.05, 3.63) is 47.0 Å². The molecule has 0 radical (unpaired) electrons. The number of carbonyl (C=O) groups excluding carboxylic acids is 2.